The number of allylic oxidation sites excluding steroid dienone is 2. The quantitative estimate of drug-likeness (QED) is 0.191. The van der Waals surface area contributed by atoms with Gasteiger partial charge in [0.05, 0.1) is 22.2 Å². The minimum absolute atomic E-state index is 0.903. The van der Waals surface area contributed by atoms with E-state index in [2.05, 4.69) is 146 Å². The Morgan fingerprint density at radius 3 is 2.07 bits per heavy atom. The first-order valence-electron chi connectivity index (χ1n) is 15.0. The second-order valence-corrected chi connectivity index (χ2v) is 9.72. The lowest BCUT2D eigenvalue weighted by molar-refractivity contribution is 1.05. The van der Waals surface area contributed by atoms with Crippen LogP contribution in [0.4, 0.5) is 0 Å². The summed E-state index contributed by atoms with van der Waals surface area (Å²) in [5.74, 6) is 0.903. The Labute approximate surface area is 261 Å². The van der Waals surface area contributed by atoms with Crippen molar-refractivity contribution in [2.24, 2.45) is 0 Å². The van der Waals surface area contributed by atoms with Crippen molar-refractivity contribution in [3.63, 3.8) is 0 Å². The fourth-order valence-electron chi connectivity index (χ4n) is 5.55. The molecule has 0 radical (unpaired) electrons. The average Bonchev–Trinajstić information content (AvgIpc) is 3.65. The van der Waals surface area contributed by atoms with Gasteiger partial charge in [-0.2, -0.15) is 0 Å². The van der Waals surface area contributed by atoms with Crippen LogP contribution in [0.1, 0.15) is 39.0 Å². The molecule has 3 heterocycles. The smallest absolute Gasteiger partial charge is 0.138 e. The molecular formula is C41H41N3. The first-order valence-corrected chi connectivity index (χ1v) is 15.0. The molecule has 0 unspecified atom stereocenters. The summed E-state index contributed by atoms with van der Waals surface area (Å²) >= 11 is 0. The zero-order chi connectivity index (χ0) is 31.6. The highest BCUT2D eigenvalue weighted by Gasteiger charge is 2.18. The molecule has 0 fully saturated rings. The predicted octanol–water partition coefficient (Wildman–Crippen LogP) is 12.0. The Hall–Kier alpha value is -5.41. The third-order valence-electron chi connectivity index (χ3n) is 7.23. The third kappa shape index (κ3) is 5.77. The van der Waals surface area contributed by atoms with E-state index in [4.69, 9.17) is 4.98 Å². The number of hydrogen-bond donors (Lipinski definition) is 0. The number of nitrogens with zero attached hydrogens (tertiary/aromatic N) is 3. The van der Waals surface area contributed by atoms with E-state index in [1.165, 1.54) is 27.1 Å². The van der Waals surface area contributed by atoms with Crippen LogP contribution in [-0.2, 0) is 0 Å². The van der Waals surface area contributed by atoms with Crippen LogP contribution in [0.15, 0.2) is 142 Å². The van der Waals surface area contributed by atoms with Gasteiger partial charge in [-0.15, -0.1) is 19.7 Å². The standard InChI is InChI=1S/C34H25N3.C3H6.C2H6.C2H4/c1-3-10-32-26(4-2)29-22-28-24(15-17-31-27(28)19-20-36(31)25-12-6-5-7-13-25)21-33(29)37(32)34-18-16-23-11-8-9-14-30(23)35-34;1-3-2;2*1-2/h3-22H,2H2,1H3;3H,1H2,2H3;1-2H3;1-2H2/b10-3-;;;. The van der Waals surface area contributed by atoms with Crippen molar-refractivity contribution < 1.29 is 0 Å². The molecule has 0 aliphatic rings. The van der Waals surface area contributed by atoms with Crippen LogP contribution in [0.25, 0.3) is 67.1 Å². The molecule has 3 nitrogen and oxygen atoms in total. The number of hydrogen-bond acceptors (Lipinski definition) is 1. The number of rotatable bonds is 4. The van der Waals surface area contributed by atoms with Crippen molar-refractivity contribution in [3.05, 3.63) is 153 Å². The van der Waals surface area contributed by atoms with E-state index >= 15 is 0 Å². The van der Waals surface area contributed by atoms with Crippen LogP contribution in [-0.4, -0.2) is 14.1 Å². The second kappa shape index (κ2) is 14.7. The molecular weight excluding hydrogens is 534 g/mol. The molecule has 44 heavy (non-hydrogen) atoms. The Kier molecular flexibility index (Phi) is 10.5. The lowest BCUT2D eigenvalue weighted by Gasteiger charge is -2.10. The normalized spacial score (nSPS) is 10.5. The van der Waals surface area contributed by atoms with Gasteiger partial charge in [0.1, 0.15) is 5.82 Å². The van der Waals surface area contributed by atoms with Gasteiger partial charge in [0, 0.05) is 33.6 Å². The molecule has 220 valence electrons. The first kappa shape index (κ1) is 31.5. The molecule has 7 rings (SSSR count). The maximum absolute atomic E-state index is 5.04. The largest absolute Gasteiger partial charge is 0.317 e. The Bertz CT molecular complexity index is 2070. The summed E-state index contributed by atoms with van der Waals surface area (Å²) in [6.45, 7) is 21.5. The number of pyridine rings is 1. The van der Waals surface area contributed by atoms with E-state index in [-0.39, 0.29) is 0 Å². The number of aromatic nitrogens is 3. The van der Waals surface area contributed by atoms with E-state index in [9.17, 15) is 0 Å². The van der Waals surface area contributed by atoms with Gasteiger partial charge in [-0.3, -0.25) is 4.57 Å². The molecule has 4 aromatic carbocycles. The van der Waals surface area contributed by atoms with E-state index in [1.807, 2.05) is 39.0 Å². The lowest BCUT2D eigenvalue weighted by Crippen LogP contribution is -2.00. The van der Waals surface area contributed by atoms with E-state index in [0.717, 1.165) is 39.2 Å². The van der Waals surface area contributed by atoms with Gasteiger partial charge in [-0.1, -0.05) is 81.1 Å². The maximum atomic E-state index is 5.04. The van der Waals surface area contributed by atoms with Crippen molar-refractivity contribution in [3.8, 4) is 11.5 Å². The summed E-state index contributed by atoms with van der Waals surface area (Å²) in [6.07, 6.45) is 10.1. The molecule has 7 aromatic rings. The topological polar surface area (TPSA) is 22.8 Å². The molecule has 0 saturated heterocycles. The average molecular weight is 576 g/mol. The summed E-state index contributed by atoms with van der Waals surface area (Å²) in [7, 11) is 0. The van der Waals surface area contributed by atoms with Crippen molar-refractivity contribution in [2.45, 2.75) is 27.7 Å². The Morgan fingerprint density at radius 1 is 0.682 bits per heavy atom. The molecule has 0 saturated carbocycles. The van der Waals surface area contributed by atoms with Crippen LogP contribution in [0.5, 0.6) is 0 Å². The summed E-state index contributed by atoms with van der Waals surface area (Å²) < 4.78 is 4.51. The van der Waals surface area contributed by atoms with Crippen molar-refractivity contribution in [1.29, 1.82) is 0 Å². The molecule has 0 bridgehead atoms. The van der Waals surface area contributed by atoms with Crippen LogP contribution in [0.2, 0.25) is 0 Å². The fourth-order valence-corrected chi connectivity index (χ4v) is 5.55. The van der Waals surface area contributed by atoms with Gasteiger partial charge in [-0.05, 0) is 85.3 Å². The van der Waals surface area contributed by atoms with Gasteiger partial charge < -0.3 is 4.57 Å². The second-order valence-electron chi connectivity index (χ2n) is 9.72. The highest BCUT2D eigenvalue weighted by atomic mass is 15.1. The zero-order valence-electron chi connectivity index (χ0n) is 26.3. The highest BCUT2D eigenvalue weighted by Crippen LogP contribution is 2.37. The molecule has 0 aliphatic heterocycles. The third-order valence-corrected chi connectivity index (χ3v) is 7.23. The van der Waals surface area contributed by atoms with Crippen molar-refractivity contribution >= 4 is 55.6 Å². The molecule has 0 amide bonds. The monoisotopic (exact) mass is 575 g/mol. The number of benzene rings is 4. The van der Waals surface area contributed by atoms with Gasteiger partial charge in [0.25, 0.3) is 0 Å². The zero-order valence-corrected chi connectivity index (χ0v) is 26.3. The number of para-hydroxylation sites is 2. The van der Waals surface area contributed by atoms with E-state index in [1.54, 1.807) is 6.08 Å². The summed E-state index contributed by atoms with van der Waals surface area (Å²) in [4.78, 5) is 5.04. The highest BCUT2D eigenvalue weighted by molar-refractivity contribution is 6.13. The SMILES string of the molecule is C=C.C=CC.C=Cc1c(/C=C\C)n(-c2ccc3ccccc3n2)c2cc3ccc4c(ccn4-c4ccccc4)c3cc12.CC. The van der Waals surface area contributed by atoms with Crippen LogP contribution >= 0.6 is 0 Å². The molecule has 0 spiro atoms. The minimum atomic E-state index is 0.903. The van der Waals surface area contributed by atoms with E-state index < -0.39 is 0 Å². The minimum Gasteiger partial charge on any atom is -0.317 e. The molecule has 0 N–H and O–H groups in total. The number of fused-ring (bicyclic) bond motifs is 5. The molecule has 0 atom stereocenters. The first-order chi connectivity index (χ1) is 21.7. The van der Waals surface area contributed by atoms with Gasteiger partial charge >= 0.3 is 0 Å². The van der Waals surface area contributed by atoms with E-state index in [0.29, 0.717) is 0 Å². The summed E-state index contributed by atoms with van der Waals surface area (Å²) in [5.41, 5.74) is 6.67. The van der Waals surface area contributed by atoms with Crippen LogP contribution in [0.3, 0.4) is 0 Å². The Morgan fingerprint density at radius 2 is 1.36 bits per heavy atom. The van der Waals surface area contributed by atoms with Crippen molar-refractivity contribution in [1.82, 2.24) is 14.1 Å². The summed E-state index contributed by atoms with van der Waals surface area (Å²) in [6, 6.07) is 34.3. The maximum Gasteiger partial charge on any atom is 0.138 e. The Balaban J connectivity index is 0.000000586. The fraction of sp³-hybridized carbons (Fsp3) is 0.0976. The molecule has 0 aliphatic carbocycles. The molecule has 3 aromatic heterocycles. The van der Waals surface area contributed by atoms with Crippen LogP contribution < -0.4 is 0 Å². The van der Waals surface area contributed by atoms with Gasteiger partial charge in [-0.25, -0.2) is 4.98 Å². The van der Waals surface area contributed by atoms with Gasteiger partial charge in [0.15, 0.2) is 0 Å². The van der Waals surface area contributed by atoms with Crippen LogP contribution in [0, 0.1) is 0 Å². The predicted molar refractivity (Wildman–Crippen MR) is 196 cm³/mol. The molecule has 3 heteroatoms. The van der Waals surface area contributed by atoms with Gasteiger partial charge in [0.2, 0.25) is 0 Å². The lowest BCUT2D eigenvalue weighted by atomic mass is 10.0. The van der Waals surface area contributed by atoms with Crippen molar-refractivity contribution in [2.75, 3.05) is 0 Å². The summed E-state index contributed by atoms with van der Waals surface area (Å²) in [5, 5.41) is 5.98.